The van der Waals surface area contributed by atoms with Crippen molar-refractivity contribution in [2.75, 3.05) is 6.54 Å². The maximum absolute atomic E-state index is 13.4. The minimum atomic E-state index is -3.94. The van der Waals surface area contributed by atoms with Crippen molar-refractivity contribution in [2.45, 2.75) is 56.5 Å². The zero-order chi connectivity index (χ0) is 22.8. The van der Waals surface area contributed by atoms with Crippen molar-refractivity contribution in [1.29, 1.82) is 0 Å². The maximum atomic E-state index is 13.4. The number of hydrogen-bond donors (Lipinski definition) is 1. The number of aryl methyl sites for hydroxylation is 2. The van der Waals surface area contributed by atoms with E-state index in [4.69, 9.17) is 8.94 Å². The van der Waals surface area contributed by atoms with Crippen LogP contribution in [0.25, 0.3) is 0 Å². The van der Waals surface area contributed by atoms with Crippen LogP contribution in [-0.4, -0.2) is 35.3 Å². The third-order valence-electron chi connectivity index (χ3n) is 5.68. The number of benzene rings is 1. The fraction of sp³-hybridized carbons (Fsp3) is 0.409. The van der Waals surface area contributed by atoms with Crippen molar-refractivity contribution >= 4 is 15.9 Å². The molecular weight excluding hydrogens is 432 g/mol. The van der Waals surface area contributed by atoms with Gasteiger partial charge in [0, 0.05) is 6.92 Å². The summed E-state index contributed by atoms with van der Waals surface area (Å²) in [5, 5.41) is 7.02. The maximum Gasteiger partial charge on any atom is 0.243 e. The van der Waals surface area contributed by atoms with E-state index in [0.29, 0.717) is 30.3 Å². The Morgan fingerprint density at radius 1 is 1.16 bits per heavy atom. The summed E-state index contributed by atoms with van der Waals surface area (Å²) in [6.45, 7) is 3.14. The molecular formula is C22H26N4O5S. The second-order valence-electron chi connectivity index (χ2n) is 8.14. The first-order valence-corrected chi connectivity index (χ1v) is 11.9. The number of nitrogens with zero attached hydrogens (tertiary/aromatic N) is 3. The first-order chi connectivity index (χ1) is 15.3. The van der Waals surface area contributed by atoms with Crippen molar-refractivity contribution in [1.82, 2.24) is 19.8 Å². The molecule has 9 nitrogen and oxygen atoms in total. The van der Waals surface area contributed by atoms with E-state index in [1.54, 1.807) is 31.2 Å². The van der Waals surface area contributed by atoms with Gasteiger partial charge in [0.2, 0.25) is 21.8 Å². The van der Waals surface area contributed by atoms with Crippen molar-refractivity contribution in [3.05, 3.63) is 65.7 Å². The molecule has 1 aliphatic rings. The molecule has 170 valence electrons. The molecule has 0 spiro atoms. The number of sulfonamides is 1. The van der Waals surface area contributed by atoms with E-state index >= 15 is 0 Å². The molecule has 1 fully saturated rings. The normalized spacial score (nSPS) is 15.8. The van der Waals surface area contributed by atoms with Crippen molar-refractivity contribution in [3.8, 4) is 0 Å². The first-order valence-electron chi connectivity index (χ1n) is 10.5. The molecule has 4 rings (SSSR count). The zero-order valence-electron chi connectivity index (χ0n) is 18.1. The molecule has 1 saturated carbocycles. The molecule has 0 unspecified atom stereocenters. The van der Waals surface area contributed by atoms with Gasteiger partial charge in [-0.2, -0.15) is 9.29 Å². The monoisotopic (exact) mass is 458 g/mol. The number of carbonyl (C=O) groups is 1. The summed E-state index contributed by atoms with van der Waals surface area (Å²) in [5.41, 5.74) is 0.191. The molecule has 0 saturated heterocycles. The lowest BCUT2D eigenvalue weighted by molar-refractivity contribution is -0.123. The van der Waals surface area contributed by atoms with Crippen LogP contribution >= 0.6 is 0 Å². The van der Waals surface area contributed by atoms with Gasteiger partial charge >= 0.3 is 0 Å². The average Bonchev–Trinajstić information content (AvgIpc) is 3.51. The number of carbonyl (C=O) groups excluding carboxylic acids is 1. The Balaban J connectivity index is 1.59. The molecule has 2 aromatic heterocycles. The van der Waals surface area contributed by atoms with E-state index in [2.05, 4.69) is 15.5 Å². The number of rotatable bonds is 8. The van der Waals surface area contributed by atoms with Crippen LogP contribution in [0.2, 0.25) is 0 Å². The molecule has 10 heteroatoms. The number of hydrogen-bond acceptors (Lipinski definition) is 7. The predicted octanol–water partition coefficient (Wildman–Crippen LogP) is 3.06. The molecule has 0 aliphatic heterocycles. The van der Waals surface area contributed by atoms with Crippen LogP contribution in [0.1, 0.15) is 48.7 Å². The van der Waals surface area contributed by atoms with E-state index < -0.39 is 21.5 Å². The summed E-state index contributed by atoms with van der Waals surface area (Å²) in [5.74, 6) is 0.858. The van der Waals surface area contributed by atoms with Gasteiger partial charge in [0.25, 0.3) is 0 Å². The summed E-state index contributed by atoms with van der Waals surface area (Å²) in [6.07, 6.45) is 4.62. The first kappa shape index (κ1) is 22.2. The van der Waals surface area contributed by atoms with Crippen molar-refractivity contribution < 1.29 is 22.2 Å². The van der Waals surface area contributed by atoms with Crippen LogP contribution < -0.4 is 5.32 Å². The average molecular weight is 459 g/mol. The molecule has 0 atom stereocenters. The summed E-state index contributed by atoms with van der Waals surface area (Å²) >= 11 is 0. The number of aromatic nitrogens is 2. The van der Waals surface area contributed by atoms with Crippen LogP contribution in [0.5, 0.6) is 0 Å². The Labute approximate surface area is 186 Å². The second-order valence-corrected chi connectivity index (χ2v) is 10.1. The van der Waals surface area contributed by atoms with Gasteiger partial charge in [0.15, 0.2) is 5.82 Å². The molecule has 1 N–H and O–H groups in total. The highest BCUT2D eigenvalue weighted by Gasteiger charge is 2.42. The molecule has 1 amide bonds. The van der Waals surface area contributed by atoms with Gasteiger partial charge in [-0.25, -0.2) is 8.42 Å². The summed E-state index contributed by atoms with van der Waals surface area (Å²) in [6, 6.07) is 9.89. The highest BCUT2D eigenvalue weighted by atomic mass is 32.2. The second kappa shape index (κ2) is 8.87. The molecule has 1 aliphatic carbocycles. The summed E-state index contributed by atoms with van der Waals surface area (Å²) in [7, 11) is -3.94. The Morgan fingerprint density at radius 2 is 1.88 bits per heavy atom. The Hall–Kier alpha value is -2.98. The minimum absolute atomic E-state index is 0.0645. The van der Waals surface area contributed by atoms with Crippen LogP contribution in [0.4, 0.5) is 0 Å². The SMILES string of the molecule is Cc1ccc(S(=O)(=O)N(CC(=O)NC2(c3noc(C)n3)CCCC2)Cc2ccco2)cc1. The summed E-state index contributed by atoms with van der Waals surface area (Å²) < 4.78 is 38.3. The van der Waals surface area contributed by atoms with E-state index in [-0.39, 0.29) is 18.0 Å². The topological polar surface area (TPSA) is 119 Å². The molecule has 0 radical (unpaired) electrons. The molecule has 3 aromatic rings. The van der Waals surface area contributed by atoms with Crippen LogP contribution in [0.15, 0.2) is 56.5 Å². The Bertz CT molecular complexity index is 1160. The fourth-order valence-electron chi connectivity index (χ4n) is 4.00. The van der Waals surface area contributed by atoms with Gasteiger partial charge in [0.1, 0.15) is 11.3 Å². The molecule has 0 bridgehead atoms. The van der Waals surface area contributed by atoms with Gasteiger partial charge in [-0.05, 0) is 44.0 Å². The van der Waals surface area contributed by atoms with Crippen LogP contribution in [-0.2, 0) is 26.9 Å². The van der Waals surface area contributed by atoms with Gasteiger partial charge in [-0.15, -0.1) is 0 Å². The predicted molar refractivity (Wildman–Crippen MR) is 115 cm³/mol. The number of amides is 1. The smallest absolute Gasteiger partial charge is 0.243 e. The largest absolute Gasteiger partial charge is 0.468 e. The van der Waals surface area contributed by atoms with Crippen molar-refractivity contribution in [3.63, 3.8) is 0 Å². The number of furan rings is 1. The highest BCUT2D eigenvalue weighted by Crippen LogP contribution is 2.37. The van der Waals surface area contributed by atoms with Gasteiger partial charge in [-0.3, -0.25) is 4.79 Å². The molecule has 32 heavy (non-hydrogen) atoms. The quantitative estimate of drug-likeness (QED) is 0.551. The standard InChI is InChI=1S/C22H26N4O5S/c1-16-7-9-19(10-8-16)32(28,29)26(14-18-6-5-13-30-18)15-20(27)24-22(11-3-4-12-22)21-23-17(2)31-25-21/h5-10,13H,3-4,11-12,14-15H2,1-2H3,(H,24,27). The Kier molecular flexibility index (Phi) is 6.16. The Morgan fingerprint density at radius 3 is 2.47 bits per heavy atom. The third-order valence-corrected chi connectivity index (χ3v) is 7.49. The van der Waals surface area contributed by atoms with Gasteiger partial charge in [0.05, 0.1) is 24.2 Å². The van der Waals surface area contributed by atoms with E-state index in [1.807, 2.05) is 6.92 Å². The lowest BCUT2D eigenvalue weighted by atomic mass is 9.96. The lowest BCUT2D eigenvalue weighted by Gasteiger charge is -2.28. The number of nitrogens with one attached hydrogen (secondary N) is 1. The zero-order valence-corrected chi connectivity index (χ0v) is 18.9. The van der Waals surface area contributed by atoms with Crippen LogP contribution in [0.3, 0.4) is 0 Å². The lowest BCUT2D eigenvalue weighted by Crippen LogP contribution is -2.49. The highest BCUT2D eigenvalue weighted by molar-refractivity contribution is 7.89. The van der Waals surface area contributed by atoms with E-state index in [1.165, 1.54) is 18.4 Å². The van der Waals surface area contributed by atoms with Gasteiger partial charge in [-0.1, -0.05) is 35.7 Å². The van der Waals surface area contributed by atoms with Crippen LogP contribution in [0, 0.1) is 13.8 Å². The summed E-state index contributed by atoms with van der Waals surface area (Å²) in [4.78, 5) is 17.6. The minimum Gasteiger partial charge on any atom is -0.468 e. The fourth-order valence-corrected chi connectivity index (χ4v) is 5.37. The van der Waals surface area contributed by atoms with E-state index in [9.17, 15) is 13.2 Å². The van der Waals surface area contributed by atoms with Gasteiger partial charge < -0.3 is 14.3 Å². The molecule has 2 heterocycles. The third kappa shape index (κ3) is 4.61. The molecule has 1 aromatic carbocycles. The van der Waals surface area contributed by atoms with E-state index in [0.717, 1.165) is 22.7 Å². The van der Waals surface area contributed by atoms with Crippen molar-refractivity contribution in [2.24, 2.45) is 0 Å².